The SMILES string of the molecule is CS(=O)(=O)N1CCC(Nc2ncc(C(F)(F)F)c(-c3cn(-c4ccc(CC=O)cc4Cl)cn3)n2)CC1. The Hall–Kier alpha value is -3.03. The summed E-state index contributed by atoms with van der Waals surface area (Å²) < 4.78 is 67.5. The molecule has 1 aromatic carbocycles. The summed E-state index contributed by atoms with van der Waals surface area (Å²) in [6, 6.07) is 4.74. The number of imidazole rings is 1. The van der Waals surface area contributed by atoms with E-state index in [0.717, 1.165) is 12.5 Å². The maximum atomic E-state index is 13.7. The molecular weight excluding hydrogens is 521 g/mol. The number of rotatable bonds is 7. The van der Waals surface area contributed by atoms with Gasteiger partial charge in [0, 0.05) is 37.9 Å². The van der Waals surface area contributed by atoms with Gasteiger partial charge in [-0.2, -0.15) is 13.2 Å². The topological polar surface area (TPSA) is 110 Å². The minimum Gasteiger partial charge on any atom is -0.351 e. The quantitative estimate of drug-likeness (QED) is 0.454. The van der Waals surface area contributed by atoms with Crippen molar-refractivity contribution in [2.45, 2.75) is 31.5 Å². The standard InChI is InChI=1S/C22H22ClF3N6O3S/c1-36(34,35)32-7-4-15(5-8-32)29-21-27-11-16(22(24,25)26)20(30-21)18-12-31(13-28-18)19-3-2-14(6-9-33)10-17(19)23/h2-3,9-13,15H,4-8H2,1H3,(H,27,29,30). The van der Waals surface area contributed by atoms with Gasteiger partial charge in [-0.05, 0) is 30.5 Å². The van der Waals surface area contributed by atoms with E-state index in [2.05, 4.69) is 20.3 Å². The highest BCUT2D eigenvalue weighted by Crippen LogP contribution is 2.36. The summed E-state index contributed by atoms with van der Waals surface area (Å²) in [6.45, 7) is 0.585. The average molecular weight is 543 g/mol. The van der Waals surface area contributed by atoms with Crippen molar-refractivity contribution in [3.8, 4) is 17.1 Å². The highest BCUT2D eigenvalue weighted by Gasteiger charge is 2.36. The summed E-state index contributed by atoms with van der Waals surface area (Å²) in [5.41, 5.74) is -0.303. The second-order valence-electron chi connectivity index (χ2n) is 8.36. The number of anilines is 1. The summed E-state index contributed by atoms with van der Waals surface area (Å²) in [4.78, 5) is 22.8. The first-order chi connectivity index (χ1) is 17.0. The van der Waals surface area contributed by atoms with Crippen LogP contribution in [0.2, 0.25) is 5.02 Å². The molecule has 192 valence electrons. The first-order valence-corrected chi connectivity index (χ1v) is 13.1. The fourth-order valence-electron chi connectivity index (χ4n) is 3.93. The summed E-state index contributed by atoms with van der Waals surface area (Å²) in [6.07, 6.45) is 1.68. The van der Waals surface area contributed by atoms with Crippen molar-refractivity contribution in [3.63, 3.8) is 0 Å². The van der Waals surface area contributed by atoms with E-state index in [4.69, 9.17) is 11.6 Å². The van der Waals surface area contributed by atoms with Gasteiger partial charge in [-0.1, -0.05) is 17.7 Å². The van der Waals surface area contributed by atoms with Crippen LogP contribution in [0.25, 0.3) is 17.1 Å². The minimum atomic E-state index is -4.72. The maximum absolute atomic E-state index is 13.7. The molecule has 3 heterocycles. The molecule has 9 nitrogen and oxygen atoms in total. The molecule has 1 aliphatic heterocycles. The van der Waals surface area contributed by atoms with Gasteiger partial charge in [-0.15, -0.1) is 0 Å². The third kappa shape index (κ3) is 5.85. The van der Waals surface area contributed by atoms with Crippen LogP contribution in [0.1, 0.15) is 24.0 Å². The predicted octanol–water partition coefficient (Wildman–Crippen LogP) is 3.58. The van der Waals surface area contributed by atoms with Crippen LogP contribution in [-0.4, -0.2) is 63.9 Å². The number of alkyl halides is 3. The lowest BCUT2D eigenvalue weighted by molar-refractivity contribution is -0.137. The fourth-order valence-corrected chi connectivity index (χ4v) is 5.10. The Bertz CT molecular complexity index is 1370. The molecule has 4 rings (SSSR count). The number of nitrogens with zero attached hydrogens (tertiary/aromatic N) is 5. The minimum absolute atomic E-state index is 0.0124. The van der Waals surface area contributed by atoms with Crippen LogP contribution in [0.4, 0.5) is 19.1 Å². The molecule has 1 N–H and O–H groups in total. The Morgan fingerprint density at radius 1 is 1.22 bits per heavy atom. The lowest BCUT2D eigenvalue weighted by atomic mass is 10.1. The lowest BCUT2D eigenvalue weighted by Gasteiger charge is -2.30. The first-order valence-electron chi connectivity index (χ1n) is 10.9. The molecule has 1 saturated heterocycles. The Morgan fingerprint density at radius 3 is 2.56 bits per heavy atom. The zero-order chi connectivity index (χ0) is 26.1. The monoisotopic (exact) mass is 542 g/mol. The second kappa shape index (κ2) is 10.1. The van der Waals surface area contributed by atoms with Crippen LogP contribution in [0.15, 0.2) is 36.9 Å². The van der Waals surface area contributed by atoms with Crippen molar-refractivity contribution < 1.29 is 26.4 Å². The molecule has 0 saturated carbocycles. The van der Waals surface area contributed by atoms with E-state index < -0.39 is 27.5 Å². The van der Waals surface area contributed by atoms with E-state index in [-0.39, 0.29) is 24.1 Å². The van der Waals surface area contributed by atoms with E-state index in [1.807, 2.05) is 0 Å². The van der Waals surface area contributed by atoms with E-state index in [9.17, 15) is 26.4 Å². The predicted molar refractivity (Wildman–Crippen MR) is 127 cm³/mol. The van der Waals surface area contributed by atoms with Crippen molar-refractivity contribution >= 4 is 33.9 Å². The number of aldehydes is 1. The van der Waals surface area contributed by atoms with Crippen LogP contribution >= 0.6 is 11.6 Å². The zero-order valence-electron chi connectivity index (χ0n) is 19.0. The molecule has 14 heteroatoms. The smallest absolute Gasteiger partial charge is 0.351 e. The lowest BCUT2D eigenvalue weighted by Crippen LogP contribution is -2.42. The van der Waals surface area contributed by atoms with Crippen molar-refractivity contribution in [2.75, 3.05) is 24.7 Å². The molecule has 0 unspecified atom stereocenters. The molecule has 0 radical (unpaired) electrons. The summed E-state index contributed by atoms with van der Waals surface area (Å²) in [5, 5.41) is 3.32. The number of benzene rings is 1. The van der Waals surface area contributed by atoms with Gasteiger partial charge in [0.1, 0.15) is 29.6 Å². The van der Waals surface area contributed by atoms with Crippen LogP contribution in [0.5, 0.6) is 0 Å². The van der Waals surface area contributed by atoms with Crippen LogP contribution in [0.3, 0.4) is 0 Å². The van der Waals surface area contributed by atoms with Gasteiger partial charge in [-0.25, -0.2) is 27.7 Å². The highest BCUT2D eigenvalue weighted by atomic mass is 35.5. The number of nitrogens with one attached hydrogen (secondary N) is 1. The first kappa shape index (κ1) is 26.0. The number of piperidine rings is 1. The maximum Gasteiger partial charge on any atom is 0.420 e. The average Bonchev–Trinajstić information content (AvgIpc) is 3.28. The molecule has 3 aromatic rings. The number of hydrogen-bond acceptors (Lipinski definition) is 7. The van der Waals surface area contributed by atoms with E-state index in [1.165, 1.54) is 21.4 Å². The molecular formula is C22H22ClF3N6O3S. The van der Waals surface area contributed by atoms with Crippen LogP contribution in [0, 0.1) is 0 Å². The molecule has 2 aromatic heterocycles. The second-order valence-corrected chi connectivity index (χ2v) is 10.7. The molecule has 0 aliphatic carbocycles. The zero-order valence-corrected chi connectivity index (χ0v) is 20.6. The van der Waals surface area contributed by atoms with E-state index in [0.29, 0.717) is 48.4 Å². The molecule has 1 fully saturated rings. The number of carbonyl (C=O) groups excluding carboxylic acids is 1. The van der Waals surface area contributed by atoms with Crippen molar-refractivity contribution in [2.24, 2.45) is 0 Å². The number of hydrogen-bond donors (Lipinski definition) is 1. The molecule has 36 heavy (non-hydrogen) atoms. The molecule has 0 bridgehead atoms. The van der Waals surface area contributed by atoms with Gasteiger partial charge >= 0.3 is 6.18 Å². The normalized spacial score (nSPS) is 15.7. The van der Waals surface area contributed by atoms with Crippen LogP contribution in [-0.2, 0) is 27.4 Å². The Kier molecular flexibility index (Phi) is 7.34. The van der Waals surface area contributed by atoms with Gasteiger partial charge in [0.15, 0.2) is 0 Å². The van der Waals surface area contributed by atoms with Crippen LogP contribution < -0.4 is 5.32 Å². The Balaban J connectivity index is 1.61. The summed E-state index contributed by atoms with van der Waals surface area (Å²) in [7, 11) is -3.30. The highest BCUT2D eigenvalue weighted by molar-refractivity contribution is 7.88. The number of aromatic nitrogens is 4. The van der Waals surface area contributed by atoms with Crippen molar-refractivity contribution in [1.82, 2.24) is 23.8 Å². The summed E-state index contributed by atoms with van der Waals surface area (Å²) >= 11 is 6.31. The van der Waals surface area contributed by atoms with Gasteiger partial charge in [0.25, 0.3) is 0 Å². The van der Waals surface area contributed by atoms with Crippen molar-refractivity contribution in [1.29, 1.82) is 0 Å². The molecule has 0 amide bonds. The largest absolute Gasteiger partial charge is 0.420 e. The fraction of sp³-hybridized carbons (Fsp3) is 0.364. The van der Waals surface area contributed by atoms with E-state index >= 15 is 0 Å². The van der Waals surface area contributed by atoms with Crippen molar-refractivity contribution in [3.05, 3.63) is 53.1 Å². The van der Waals surface area contributed by atoms with Gasteiger partial charge < -0.3 is 14.7 Å². The summed E-state index contributed by atoms with van der Waals surface area (Å²) in [5.74, 6) is -0.0124. The van der Waals surface area contributed by atoms with Gasteiger partial charge in [0.2, 0.25) is 16.0 Å². The molecule has 0 atom stereocenters. The third-order valence-corrected chi connectivity index (χ3v) is 7.39. The Morgan fingerprint density at radius 2 is 1.94 bits per heavy atom. The van der Waals surface area contributed by atoms with Gasteiger partial charge in [-0.3, -0.25) is 0 Å². The Labute approximate surface area is 210 Å². The third-order valence-electron chi connectivity index (χ3n) is 5.78. The molecule has 1 aliphatic rings. The number of halogens is 4. The molecule has 0 spiro atoms. The van der Waals surface area contributed by atoms with Gasteiger partial charge in [0.05, 0.1) is 17.0 Å². The number of carbonyl (C=O) groups is 1. The van der Waals surface area contributed by atoms with E-state index in [1.54, 1.807) is 18.2 Å². The number of sulfonamides is 1.